The van der Waals surface area contributed by atoms with Crippen molar-refractivity contribution < 1.29 is 28.6 Å². The molecule has 0 saturated heterocycles. The van der Waals surface area contributed by atoms with Gasteiger partial charge < -0.3 is 19.7 Å². The SMILES string of the molecule is CCOC(=O)c1c(NC(=O)C[n+]2cc([O-])on2)sc2c1CCC(C(C)(C)C)C2. The van der Waals surface area contributed by atoms with E-state index < -0.39 is 17.8 Å². The fourth-order valence-electron chi connectivity index (χ4n) is 3.48. The van der Waals surface area contributed by atoms with E-state index in [1.54, 1.807) is 6.92 Å². The number of aromatic nitrogens is 2. The number of hydrogen-bond donors (Lipinski definition) is 1. The minimum atomic E-state index is -0.625. The number of nitrogens with zero attached hydrogens (tertiary/aromatic N) is 2. The first-order valence-electron chi connectivity index (χ1n) is 9.34. The zero-order valence-electron chi connectivity index (χ0n) is 16.5. The highest BCUT2D eigenvalue weighted by molar-refractivity contribution is 7.17. The zero-order valence-corrected chi connectivity index (χ0v) is 17.4. The third kappa shape index (κ3) is 4.35. The Morgan fingerprint density at radius 1 is 1.46 bits per heavy atom. The van der Waals surface area contributed by atoms with E-state index in [-0.39, 0.29) is 18.6 Å². The lowest BCUT2D eigenvalue weighted by molar-refractivity contribution is -0.750. The molecular formula is C19H25N3O5S. The average molecular weight is 407 g/mol. The molecule has 0 aliphatic heterocycles. The molecule has 0 saturated carbocycles. The van der Waals surface area contributed by atoms with Gasteiger partial charge in [0.25, 0.3) is 12.5 Å². The molecule has 152 valence electrons. The highest BCUT2D eigenvalue weighted by Crippen LogP contribution is 2.44. The van der Waals surface area contributed by atoms with E-state index in [2.05, 4.69) is 35.9 Å². The summed E-state index contributed by atoms with van der Waals surface area (Å²) in [5, 5.41) is 17.8. The third-order valence-corrected chi connectivity index (χ3v) is 6.19. The van der Waals surface area contributed by atoms with Crippen LogP contribution in [-0.4, -0.2) is 23.8 Å². The number of hydrogen-bond acceptors (Lipinski definition) is 7. The van der Waals surface area contributed by atoms with Crippen molar-refractivity contribution in [2.24, 2.45) is 11.3 Å². The van der Waals surface area contributed by atoms with Crippen LogP contribution < -0.4 is 15.1 Å². The number of esters is 1. The quantitative estimate of drug-likeness (QED) is 0.600. The Balaban J connectivity index is 1.86. The number of fused-ring (bicyclic) bond motifs is 1. The van der Waals surface area contributed by atoms with Gasteiger partial charge >= 0.3 is 5.97 Å². The summed E-state index contributed by atoms with van der Waals surface area (Å²) < 4.78 is 10.8. The lowest BCUT2D eigenvalue weighted by atomic mass is 9.72. The maximum Gasteiger partial charge on any atom is 0.341 e. The second-order valence-electron chi connectivity index (χ2n) is 8.00. The van der Waals surface area contributed by atoms with Crippen molar-refractivity contribution in [3.8, 4) is 5.95 Å². The molecule has 28 heavy (non-hydrogen) atoms. The van der Waals surface area contributed by atoms with E-state index in [4.69, 9.17) is 4.74 Å². The summed E-state index contributed by atoms with van der Waals surface area (Å²) >= 11 is 1.43. The predicted molar refractivity (Wildman–Crippen MR) is 100 cm³/mol. The van der Waals surface area contributed by atoms with Gasteiger partial charge in [0.1, 0.15) is 10.9 Å². The molecule has 8 nitrogen and oxygen atoms in total. The second-order valence-corrected chi connectivity index (χ2v) is 9.11. The van der Waals surface area contributed by atoms with E-state index in [9.17, 15) is 14.7 Å². The smallest absolute Gasteiger partial charge is 0.341 e. The van der Waals surface area contributed by atoms with Crippen molar-refractivity contribution in [3.63, 3.8) is 0 Å². The van der Waals surface area contributed by atoms with E-state index in [1.165, 1.54) is 11.3 Å². The summed E-state index contributed by atoms with van der Waals surface area (Å²) in [5.74, 6) is -0.923. The molecule has 1 amide bonds. The topological polar surface area (TPSA) is 108 Å². The van der Waals surface area contributed by atoms with Crippen molar-refractivity contribution in [1.29, 1.82) is 0 Å². The Hall–Kier alpha value is -2.42. The van der Waals surface area contributed by atoms with Crippen LogP contribution in [0.2, 0.25) is 0 Å². The molecule has 0 radical (unpaired) electrons. The number of carbonyl (C=O) groups excluding carboxylic acids is 2. The molecule has 2 aromatic heterocycles. The summed E-state index contributed by atoms with van der Waals surface area (Å²) in [5.41, 5.74) is 1.61. The van der Waals surface area contributed by atoms with Crippen molar-refractivity contribution in [2.45, 2.75) is 53.5 Å². The maximum atomic E-state index is 12.6. The minimum Gasteiger partial charge on any atom is -0.539 e. The molecule has 1 atom stereocenters. The van der Waals surface area contributed by atoms with E-state index in [0.717, 1.165) is 40.6 Å². The van der Waals surface area contributed by atoms with Gasteiger partial charge in [-0.05, 0) is 43.1 Å². The first-order valence-corrected chi connectivity index (χ1v) is 10.2. The number of ether oxygens (including phenoxy) is 1. The molecular weight excluding hydrogens is 382 g/mol. The van der Waals surface area contributed by atoms with Crippen molar-refractivity contribution >= 4 is 28.2 Å². The monoisotopic (exact) mass is 407 g/mol. The van der Waals surface area contributed by atoms with Crippen LogP contribution in [0, 0.1) is 11.3 Å². The summed E-state index contributed by atoms with van der Waals surface area (Å²) in [4.78, 5) is 26.1. The van der Waals surface area contributed by atoms with Crippen molar-refractivity contribution in [2.75, 3.05) is 11.9 Å². The molecule has 2 aromatic rings. The van der Waals surface area contributed by atoms with E-state index in [1.807, 2.05) is 0 Å². The Morgan fingerprint density at radius 2 is 2.21 bits per heavy atom. The van der Waals surface area contributed by atoms with Gasteiger partial charge in [0, 0.05) is 4.88 Å². The molecule has 2 heterocycles. The van der Waals surface area contributed by atoms with Crippen LogP contribution in [-0.2, 0) is 28.9 Å². The number of nitrogens with one attached hydrogen (secondary N) is 1. The molecule has 1 aliphatic carbocycles. The number of rotatable bonds is 5. The second kappa shape index (κ2) is 7.90. The number of amides is 1. The van der Waals surface area contributed by atoms with Gasteiger partial charge in [-0.2, -0.15) is 0 Å². The molecule has 0 bridgehead atoms. The minimum absolute atomic E-state index is 0.175. The van der Waals surface area contributed by atoms with Crippen molar-refractivity contribution in [3.05, 3.63) is 22.2 Å². The summed E-state index contributed by atoms with van der Waals surface area (Å²) in [7, 11) is 0. The van der Waals surface area contributed by atoms with Crippen LogP contribution in [0.4, 0.5) is 5.00 Å². The Bertz CT molecular complexity index is 881. The van der Waals surface area contributed by atoms with Crippen LogP contribution in [0.3, 0.4) is 0 Å². The molecule has 1 unspecified atom stereocenters. The molecule has 1 N–H and O–H groups in total. The number of anilines is 1. The van der Waals surface area contributed by atoms with Gasteiger partial charge in [0.05, 0.1) is 17.4 Å². The normalized spacial score (nSPS) is 16.5. The van der Waals surface area contributed by atoms with Gasteiger partial charge in [-0.1, -0.05) is 25.5 Å². The largest absolute Gasteiger partial charge is 0.539 e. The molecule has 0 aromatic carbocycles. The highest BCUT2D eigenvalue weighted by Gasteiger charge is 2.34. The van der Waals surface area contributed by atoms with E-state index in [0.29, 0.717) is 16.5 Å². The average Bonchev–Trinajstić information content (AvgIpc) is 3.16. The van der Waals surface area contributed by atoms with Crippen LogP contribution in [0.5, 0.6) is 5.95 Å². The fourth-order valence-corrected chi connectivity index (χ4v) is 4.81. The van der Waals surface area contributed by atoms with Crippen LogP contribution in [0.25, 0.3) is 0 Å². The van der Waals surface area contributed by atoms with Crippen LogP contribution in [0.1, 0.15) is 54.9 Å². The first kappa shape index (κ1) is 20.3. The lowest BCUT2D eigenvalue weighted by Gasteiger charge is -2.33. The third-order valence-electron chi connectivity index (χ3n) is 5.02. The number of thiophene rings is 1. The van der Waals surface area contributed by atoms with E-state index >= 15 is 0 Å². The van der Waals surface area contributed by atoms with Crippen molar-refractivity contribution in [1.82, 2.24) is 5.27 Å². The predicted octanol–water partition coefficient (Wildman–Crippen LogP) is 2.06. The highest BCUT2D eigenvalue weighted by atomic mass is 32.1. The maximum absolute atomic E-state index is 12.6. The Labute approximate surface area is 167 Å². The first-order chi connectivity index (χ1) is 13.2. The van der Waals surface area contributed by atoms with Gasteiger partial charge in [-0.3, -0.25) is 4.79 Å². The Kier molecular flexibility index (Phi) is 5.74. The van der Waals surface area contributed by atoms with Crippen LogP contribution >= 0.6 is 11.3 Å². The van der Waals surface area contributed by atoms with Gasteiger partial charge in [-0.15, -0.1) is 11.3 Å². The molecule has 3 rings (SSSR count). The summed E-state index contributed by atoms with van der Waals surface area (Å²) in [6, 6.07) is 0. The number of carbonyl (C=O) groups is 2. The fraction of sp³-hybridized carbons (Fsp3) is 0.579. The molecule has 1 aliphatic rings. The molecule has 0 spiro atoms. The van der Waals surface area contributed by atoms with Gasteiger partial charge in [0.15, 0.2) is 0 Å². The Morgan fingerprint density at radius 3 is 2.82 bits per heavy atom. The van der Waals surface area contributed by atoms with Gasteiger partial charge in [-0.25, -0.2) is 4.79 Å². The van der Waals surface area contributed by atoms with Crippen LogP contribution in [0.15, 0.2) is 10.7 Å². The molecule has 9 heteroatoms. The summed E-state index contributed by atoms with van der Waals surface area (Å²) in [6.45, 7) is 8.52. The standard InChI is InChI=1S/C19H25N3O5S/c1-5-26-18(25)16-12-7-6-11(19(2,3)4)8-13(12)28-17(16)20-14(23)9-22-10-15(24)27-21-22/h10-11H,5-9H2,1-4H3,(H-,20,21,23,24,25). The molecule has 0 fully saturated rings. The lowest BCUT2D eigenvalue weighted by Crippen LogP contribution is -2.41. The summed E-state index contributed by atoms with van der Waals surface area (Å²) in [6.07, 6.45) is 3.76. The zero-order chi connectivity index (χ0) is 20.5. The van der Waals surface area contributed by atoms with Gasteiger partial charge in [0.2, 0.25) is 6.20 Å².